The third-order valence-corrected chi connectivity index (χ3v) is 6.17. The fraction of sp³-hybridized carbons (Fsp3) is 0.389. The molecule has 1 aliphatic heterocycles. The fourth-order valence-corrected chi connectivity index (χ4v) is 4.67. The number of amides is 1. The lowest BCUT2D eigenvalue weighted by atomic mass is 10.2. The van der Waals surface area contributed by atoms with Crippen LogP contribution in [0, 0.1) is 0 Å². The van der Waals surface area contributed by atoms with Crippen molar-refractivity contribution in [2.45, 2.75) is 30.7 Å². The van der Waals surface area contributed by atoms with Crippen LogP contribution in [0.1, 0.15) is 35.4 Å². The molecular formula is C18H18ClN3O2S. The Labute approximate surface area is 155 Å². The summed E-state index contributed by atoms with van der Waals surface area (Å²) in [6, 6.07) is 9.15. The molecule has 1 saturated heterocycles. The van der Waals surface area contributed by atoms with Crippen molar-refractivity contribution >= 4 is 29.3 Å². The van der Waals surface area contributed by atoms with Gasteiger partial charge in [-0.25, -0.2) is 4.98 Å². The standard InChI is InChI=1S/C18H18ClN3O2S/c19-14-4-2-1-3-13(14)18-22(7-8-25-18)17(24)10-21-11-20-15(9-16(21)23)12-5-6-12/h1-4,9,11-12,18H,5-8,10H2. The molecule has 1 aromatic heterocycles. The van der Waals surface area contributed by atoms with Crippen molar-refractivity contribution in [2.75, 3.05) is 12.3 Å². The molecular weight excluding hydrogens is 358 g/mol. The number of carbonyl (C=O) groups excluding carboxylic acids is 1. The number of halogens is 1. The molecule has 1 amide bonds. The SMILES string of the molecule is O=C(Cn1cnc(C2CC2)cc1=O)N1CCSC1c1ccccc1Cl. The first kappa shape index (κ1) is 16.7. The molecule has 0 radical (unpaired) electrons. The molecule has 4 rings (SSSR count). The summed E-state index contributed by atoms with van der Waals surface area (Å²) in [4.78, 5) is 31.2. The van der Waals surface area contributed by atoms with E-state index in [0.29, 0.717) is 17.5 Å². The van der Waals surface area contributed by atoms with Gasteiger partial charge in [-0.05, 0) is 18.9 Å². The van der Waals surface area contributed by atoms with Crippen LogP contribution in [-0.4, -0.2) is 32.7 Å². The van der Waals surface area contributed by atoms with Crippen LogP contribution in [0.5, 0.6) is 0 Å². The molecule has 0 bridgehead atoms. The van der Waals surface area contributed by atoms with Crippen molar-refractivity contribution in [1.29, 1.82) is 0 Å². The van der Waals surface area contributed by atoms with Crippen molar-refractivity contribution in [3.63, 3.8) is 0 Å². The van der Waals surface area contributed by atoms with Gasteiger partial charge in [0.15, 0.2) is 0 Å². The van der Waals surface area contributed by atoms with Crippen LogP contribution in [0.3, 0.4) is 0 Å². The molecule has 25 heavy (non-hydrogen) atoms. The predicted octanol–water partition coefficient (Wildman–Crippen LogP) is 3.05. The second kappa shape index (κ2) is 6.84. The van der Waals surface area contributed by atoms with Gasteiger partial charge in [0.2, 0.25) is 5.91 Å². The summed E-state index contributed by atoms with van der Waals surface area (Å²) in [6.07, 6.45) is 3.70. The predicted molar refractivity (Wildman–Crippen MR) is 98.8 cm³/mol. The number of benzene rings is 1. The van der Waals surface area contributed by atoms with E-state index < -0.39 is 0 Å². The summed E-state index contributed by atoms with van der Waals surface area (Å²) in [7, 11) is 0. The van der Waals surface area contributed by atoms with E-state index in [4.69, 9.17) is 11.6 Å². The zero-order valence-electron chi connectivity index (χ0n) is 13.6. The minimum absolute atomic E-state index is 0.0122. The Kier molecular flexibility index (Phi) is 4.56. The van der Waals surface area contributed by atoms with Gasteiger partial charge in [-0.3, -0.25) is 14.2 Å². The van der Waals surface area contributed by atoms with Gasteiger partial charge in [-0.1, -0.05) is 29.8 Å². The van der Waals surface area contributed by atoms with E-state index >= 15 is 0 Å². The number of rotatable bonds is 4. The molecule has 2 aliphatic rings. The number of carbonyl (C=O) groups is 1. The van der Waals surface area contributed by atoms with Crippen LogP contribution in [0.25, 0.3) is 0 Å². The summed E-state index contributed by atoms with van der Waals surface area (Å²) in [6.45, 7) is 0.667. The minimum atomic E-state index is -0.161. The lowest BCUT2D eigenvalue weighted by Crippen LogP contribution is -2.36. The zero-order chi connectivity index (χ0) is 17.4. The van der Waals surface area contributed by atoms with Gasteiger partial charge in [0.25, 0.3) is 5.56 Å². The highest BCUT2D eigenvalue weighted by molar-refractivity contribution is 7.99. The highest BCUT2D eigenvalue weighted by Gasteiger charge is 2.32. The van der Waals surface area contributed by atoms with Crippen molar-refractivity contribution in [2.24, 2.45) is 0 Å². The summed E-state index contributed by atoms with van der Waals surface area (Å²) in [5.41, 5.74) is 1.63. The largest absolute Gasteiger partial charge is 0.324 e. The molecule has 2 fully saturated rings. The quantitative estimate of drug-likeness (QED) is 0.824. The molecule has 2 aromatic rings. The first-order valence-corrected chi connectivity index (χ1v) is 9.78. The average molecular weight is 376 g/mol. The molecule has 7 heteroatoms. The Bertz CT molecular complexity index is 865. The normalized spacial score (nSPS) is 20.0. The van der Waals surface area contributed by atoms with E-state index in [9.17, 15) is 9.59 Å². The second-order valence-corrected chi connectivity index (χ2v) is 7.98. The van der Waals surface area contributed by atoms with Crippen LogP contribution in [0.2, 0.25) is 5.02 Å². The van der Waals surface area contributed by atoms with Crippen LogP contribution >= 0.6 is 23.4 Å². The molecule has 1 aromatic carbocycles. The van der Waals surface area contributed by atoms with Crippen LogP contribution in [-0.2, 0) is 11.3 Å². The fourth-order valence-electron chi connectivity index (χ4n) is 3.06. The third kappa shape index (κ3) is 3.46. The minimum Gasteiger partial charge on any atom is -0.324 e. The second-order valence-electron chi connectivity index (χ2n) is 6.39. The maximum Gasteiger partial charge on any atom is 0.254 e. The molecule has 2 heterocycles. The lowest BCUT2D eigenvalue weighted by Gasteiger charge is -2.25. The molecule has 1 saturated carbocycles. The molecule has 1 aliphatic carbocycles. The highest BCUT2D eigenvalue weighted by atomic mass is 35.5. The van der Waals surface area contributed by atoms with Gasteiger partial charge >= 0.3 is 0 Å². The molecule has 130 valence electrons. The number of aromatic nitrogens is 2. The first-order valence-electron chi connectivity index (χ1n) is 8.35. The van der Waals surface area contributed by atoms with E-state index in [1.54, 1.807) is 22.7 Å². The van der Waals surface area contributed by atoms with E-state index in [-0.39, 0.29) is 23.4 Å². The summed E-state index contributed by atoms with van der Waals surface area (Å²) in [5.74, 6) is 1.20. The van der Waals surface area contributed by atoms with Gasteiger partial charge in [0.1, 0.15) is 11.9 Å². The van der Waals surface area contributed by atoms with Gasteiger partial charge < -0.3 is 4.90 Å². The van der Waals surface area contributed by atoms with Crippen LogP contribution in [0.4, 0.5) is 0 Å². The van der Waals surface area contributed by atoms with E-state index in [2.05, 4.69) is 4.98 Å². The summed E-state index contributed by atoms with van der Waals surface area (Å²) >= 11 is 7.99. The molecule has 0 N–H and O–H groups in total. The summed E-state index contributed by atoms with van der Waals surface area (Å²) in [5, 5.41) is 0.558. The third-order valence-electron chi connectivity index (χ3n) is 4.58. The molecule has 0 spiro atoms. The van der Waals surface area contributed by atoms with Crippen molar-refractivity contribution in [3.05, 3.63) is 63.3 Å². The lowest BCUT2D eigenvalue weighted by molar-refractivity contribution is -0.132. The van der Waals surface area contributed by atoms with E-state index in [0.717, 1.165) is 29.9 Å². The Hall–Kier alpha value is -1.79. The average Bonchev–Trinajstić information content (AvgIpc) is 3.34. The maximum absolute atomic E-state index is 12.8. The molecule has 1 unspecified atom stereocenters. The highest BCUT2D eigenvalue weighted by Crippen LogP contribution is 2.41. The number of hydrogen-bond donors (Lipinski definition) is 0. The zero-order valence-corrected chi connectivity index (χ0v) is 15.2. The molecule has 5 nitrogen and oxygen atoms in total. The number of hydrogen-bond acceptors (Lipinski definition) is 4. The van der Waals surface area contributed by atoms with Gasteiger partial charge in [-0.15, -0.1) is 11.8 Å². The van der Waals surface area contributed by atoms with Crippen LogP contribution < -0.4 is 5.56 Å². The molecule has 1 atom stereocenters. The van der Waals surface area contributed by atoms with E-state index in [1.807, 2.05) is 24.3 Å². The Morgan fingerprint density at radius 3 is 2.84 bits per heavy atom. The first-order chi connectivity index (χ1) is 12.1. The summed E-state index contributed by atoms with van der Waals surface area (Å²) < 4.78 is 1.39. The number of nitrogens with zero attached hydrogens (tertiary/aromatic N) is 3. The van der Waals surface area contributed by atoms with Crippen molar-refractivity contribution in [1.82, 2.24) is 14.5 Å². The topological polar surface area (TPSA) is 55.2 Å². The van der Waals surface area contributed by atoms with E-state index in [1.165, 1.54) is 10.9 Å². The smallest absolute Gasteiger partial charge is 0.254 e. The monoisotopic (exact) mass is 375 g/mol. The van der Waals surface area contributed by atoms with Crippen molar-refractivity contribution < 1.29 is 4.79 Å². The Balaban J connectivity index is 1.52. The number of thioether (sulfide) groups is 1. The Morgan fingerprint density at radius 2 is 2.12 bits per heavy atom. The van der Waals surface area contributed by atoms with Crippen molar-refractivity contribution in [3.8, 4) is 0 Å². The van der Waals surface area contributed by atoms with Gasteiger partial charge in [0, 0.05) is 34.9 Å². The maximum atomic E-state index is 12.8. The van der Waals surface area contributed by atoms with Crippen LogP contribution in [0.15, 0.2) is 41.5 Å². The van der Waals surface area contributed by atoms with Gasteiger partial charge in [-0.2, -0.15) is 0 Å². The Morgan fingerprint density at radius 1 is 1.32 bits per heavy atom. The van der Waals surface area contributed by atoms with Gasteiger partial charge in [0.05, 0.1) is 12.0 Å².